The molecule has 0 saturated carbocycles. The van der Waals surface area contributed by atoms with Gasteiger partial charge in [0.25, 0.3) is 5.91 Å². The molecule has 4 rings (SSSR count). The fourth-order valence-electron chi connectivity index (χ4n) is 4.40. The molecule has 1 N–H and O–H groups in total. The molecule has 9 nitrogen and oxygen atoms in total. The second kappa shape index (κ2) is 9.76. The van der Waals surface area contributed by atoms with Crippen LogP contribution in [0.15, 0.2) is 48.1 Å². The molecular weight excluding hydrogens is 428 g/mol. The van der Waals surface area contributed by atoms with Gasteiger partial charge in [-0.3, -0.25) is 9.59 Å². The molecule has 0 aromatic heterocycles. The van der Waals surface area contributed by atoms with Gasteiger partial charge < -0.3 is 29.2 Å². The van der Waals surface area contributed by atoms with Gasteiger partial charge in [-0.05, 0) is 24.1 Å². The molecule has 1 aliphatic carbocycles. The molecule has 0 radical (unpaired) electrons. The van der Waals surface area contributed by atoms with E-state index in [9.17, 15) is 14.4 Å². The summed E-state index contributed by atoms with van der Waals surface area (Å²) >= 11 is 0. The lowest BCUT2D eigenvalue weighted by Crippen LogP contribution is -2.46. The second-order valence-corrected chi connectivity index (χ2v) is 8.19. The van der Waals surface area contributed by atoms with Crippen molar-refractivity contribution in [1.29, 1.82) is 0 Å². The molecule has 1 unspecified atom stereocenters. The smallest absolute Gasteiger partial charge is 0.328 e. The Morgan fingerprint density at radius 2 is 1.88 bits per heavy atom. The summed E-state index contributed by atoms with van der Waals surface area (Å²) in [5.41, 5.74) is 1.63. The first-order chi connectivity index (χ1) is 15.9. The fourth-order valence-corrected chi connectivity index (χ4v) is 4.40. The molecule has 1 aromatic carbocycles. The minimum absolute atomic E-state index is 0.119. The van der Waals surface area contributed by atoms with Crippen molar-refractivity contribution in [3.63, 3.8) is 0 Å². The van der Waals surface area contributed by atoms with Gasteiger partial charge in [0.05, 0.1) is 40.5 Å². The molecule has 1 aromatic rings. The predicted octanol–water partition coefficient (Wildman–Crippen LogP) is 1.30. The van der Waals surface area contributed by atoms with E-state index in [1.807, 2.05) is 36.4 Å². The standard InChI is InChI=1S/C24H28N2O7/c1-30-19-9-7-17(8-10-19)16-3-5-18(6-4-16)22(28)25-14-21(27)26-15-24(32-11-12-33-24)13-20(26)23(29)31-2/h3,5-10,16,20H,4,11-15H2,1-2H3,(H,25,28)/t16?,20-/m0/s1. The summed E-state index contributed by atoms with van der Waals surface area (Å²) in [5, 5.41) is 2.66. The SMILES string of the molecule is COC(=O)[C@@H]1CC2(CN1C(=O)CNC(=O)C1=CCC(c3ccc(OC)cc3)C=C1)OCCO2. The first-order valence-electron chi connectivity index (χ1n) is 10.9. The molecule has 2 atom stereocenters. The normalized spacial score (nSPS) is 23.3. The third-order valence-electron chi connectivity index (χ3n) is 6.21. The minimum atomic E-state index is -0.983. The highest BCUT2D eigenvalue weighted by atomic mass is 16.7. The van der Waals surface area contributed by atoms with E-state index >= 15 is 0 Å². The van der Waals surface area contributed by atoms with Gasteiger partial charge in [-0.1, -0.05) is 30.4 Å². The number of nitrogens with one attached hydrogen (secondary N) is 1. The maximum absolute atomic E-state index is 12.8. The number of hydrogen-bond acceptors (Lipinski definition) is 7. The first-order valence-corrected chi connectivity index (χ1v) is 10.9. The molecule has 33 heavy (non-hydrogen) atoms. The average Bonchev–Trinajstić information content (AvgIpc) is 3.48. The van der Waals surface area contributed by atoms with Gasteiger partial charge in [0.1, 0.15) is 11.8 Å². The number of allylic oxidation sites excluding steroid dienone is 2. The van der Waals surface area contributed by atoms with Crippen molar-refractivity contribution in [3.8, 4) is 5.75 Å². The zero-order valence-electron chi connectivity index (χ0n) is 18.7. The fraction of sp³-hybridized carbons (Fsp3) is 0.458. The van der Waals surface area contributed by atoms with Gasteiger partial charge >= 0.3 is 5.97 Å². The van der Waals surface area contributed by atoms with E-state index in [2.05, 4.69) is 5.32 Å². The molecule has 2 amide bonds. The van der Waals surface area contributed by atoms with Crippen LogP contribution in [0.1, 0.15) is 24.3 Å². The highest BCUT2D eigenvalue weighted by molar-refractivity contribution is 5.98. The third kappa shape index (κ3) is 4.94. The van der Waals surface area contributed by atoms with Crippen molar-refractivity contribution in [3.05, 3.63) is 53.6 Å². The van der Waals surface area contributed by atoms with Crippen LogP contribution in [0.3, 0.4) is 0 Å². The molecular formula is C24H28N2O7. The van der Waals surface area contributed by atoms with Gasteiger partial charge in [0.2, 0.25) is 5.91 Å². The van der Waals surface area contributed by atoms with Gasteiger partial charge in [-0.15, -0.1) is 0 Å². The van der Waals surface area contributed by atoms with Crippen LogP contribution in [0, 0.1) is 0 Å². The number of hydrogen-bond donors (Lipinski definition) is 1. The van der Waals surface area contributed by atoms with Crippen LogP contribution in [-0.2, 0) is 28.6 Å². The second-order valence-electron chi connectivity index (χ2n) is 8.19. The van der Waals surface area contributed by atoms with Crippen molar-refractivity contribution in [1.82, 2.24) is 10.2 Å². The zero-order valence-corrected chi connectivity index (χ0v) is 18.7. The van der Waals surface area contributed by atoms with Gasteiger partial charge in [-0.2, -0.15) is 0 Å². The monoisotopic (exact) mass is 456 g/mol. The van der Waals surface area contributed by atoms with Crippen LogP contribution < -0.4 is 10.1 Å². The lowest BCUT2D eigenvalue weighted by molar-refractivity contribution is -0.152. The van der Waals surface area contributed by atoms with E-state index in [0.717, 1.165) is 11.3 Å². The van der Waals surface area contributed by atoms with Crippen LogP contribution in [0.5, 0.6) is 5.75 Å². The molecule has 176 valence electrons. The third-order valence-corrected chi connectivity index (χ3v) is 6.21. The number of amides is 2. The lowest BCUT2D eigenvalue weighted by atomic mass is 9.90. The Kier molecular flexibility index (Phi) is 6.80. The van der Waals surface area contributed by atoms with Gasteiger partial charge in [0.15, 0.2) is 5.79 Å². The van der Waals surface area contributed by atoms with Gasteiger partial charge in [0, 0.05) is 17.9 Å². The minimum Gasteiger partial charge on any atom is -0.497 e. The number of ether oxygens (including phenoxy) is 4. The molecule has 2 fully saturated rings. The number of nitrogens with zero attached hydrogens (tertiary/aromatic N) is 1. The van der Waals surface area contributed by atoms with Crippen molar-refractivity contribution in [2.45, 2.75) is 30.6 Å². The van der Waals surface area contributed by atoms with Gasteiger partial charge in [-0.25, -0.2) is 4.79 Å². The maximum Gasteiger partial charge on any atom is 0.328 e. The molecule has 1 spiro atoms. The predicted molar refractivity (Wildman–Crippen MR) is 117 cm³/mol. The molecule has 3 aliphatic rings. The van der Waals surface area contributed by atoms with Crippen LogP contribution in [-0.4, -0.2) is 75.0 Å². The lowest BCUT2D eigenvalue weighted by Gasteiger charge is -2.23. The van der Waals surface area contributed by atoms with E-state index in [4.69, 9.17) is 18.9 Å². The molecule has 0 bridgehead atoms. The summed E-state index contributed by atoms with van der Waals surface area (Å²) in [5.74, 6) is -1.29. The zero-order chi connectivity index (χ0) is 23.4. The summed E-state index contributed by atoms with van der Waals surface area (Å²) in [4.78, 5) is 39.0. The molecule has 2 saturated heterocycles. The highest BCUT2D eigenvalue weighted by Gasteiger charge is 2.52. The molecule has 9 heteroatoms. The van der Waals surface area contributed by atoms with Crippen molar-refractivity contribution >= 4 is 17.8 Å². The number of benzene rings is 1. The Balaban J connectivity index is 1.32. The van der Waals surface area contributed by atoms with Crippen LogP contribution in [0.4, 0.5) is 0 Å². The topological polar surface area (TPSA) is 103 Å². The number of rotatable bonds is 6. The van der Waals surface area contributed by atoms with Crippen molar-refractivity contribution in [2.24, 2.45) is 0 Å². The van der Waals surface area contributed by atoms with E-state index < -0.39 is 23.7 Å². The summed E-state index contributed by atoms with van der Waals surface area (Å²) in [6.45, 7) is 0.693. The Hall–Kier alpha value is -3.17. The van der Waals surface area contributed by atoms with Crippen LogP contribution in [0.2, 0.25) is 0 Å². The van der Waals surface area contributed by atoms with Crippen molar-refractivity contribution in [2.75, 3.05) is 40.5 Å². The number of carbonyl (C=O) groups is 3. The van der Waals surface area contributed by atoms with Crippen molar-refractivity contribution < 1.29 is 33.3 Å². The van der Waals surface area contributed by atoms with Crippen LogP contribution >= 0.6 is 0 Å². The number of carbonyl (C=O) groups excluding carboxylic acids is 3. The summed E-state index contributed by atoms with van der Waals surface area (Å²) in [7, 11) is 2.90. The summed E-state index contributed by atoms with van der Waals surface area (Å²) in [6, 6.07) is 7.02. The van der Waals surface area contributed by atoms with E-state index in [-0.39, 0.29) is 31.3 Å². The quantitative estimate of drug-likeness (QED) is 0.644. The Bertz CT molecular complexity index is 964. The highest BCUT2D eigenvalue weighted by Crippen LogP contribution is 2.35. The molecule has 2 heterocycles. The van der Waals surface area contributed by atoms with E-state index in [1.54, 1.807) is 13.2 Å². The average molecular weight is 456 g/mol. The molecule has 2 aliphatic heterocycles. The first kappa shape index (κ1) is 23.0. The van der Waals surface area contributed by atoms with E-state index in [1.165, 1.54) is 12.0 Å². The number of esters is 1. The maximum atomic E-state index is 12.8. The number of methoxy groups -OCH3 is 2. The van der Waals surface area contributed by atoms with Crippen LogP contribution in [0.25, 0.3) is 0 Å². The number of likely N-dealkylation sites (tertiary alicyclic amines) is 1. The summed E-state index contributed by atoms with van der Waals surface area (Å²) < 4.78 is 21.3. The summed E-state index contributed by atoms with van der Waals surface area (Å²) in [6.07, 6.45) is 6.48. The Labute approximate surface area is 192 Å². The van der Waals surface area contributed by atoms with E-state index in [0.29, 0.717) is 25.2 Å². The largest absolute Gasteiger partial charge is 0.497 e. The Morgan fingerprint density at radius 1 is 1.15 bits per heavy atom. The Morgan fingerprint density at radius 3 is 2.48 bits per heavy atom.